The Hall–Kier alpha value is -1.39. The third kappa shape index (κ3) is 1.42. The smallest absolute Gasteiger partial charge is 0.204 e. The Morgan fingerprint density at radius 1 is 1.19 bits per heavy atom. The van der Waals surface area contributed by atoms with Crippen molar-refractivity contribution in [2.45, 2.75) is 5.79 Å². The molecule has 4 nitrogen and oxygen atoms in total. The summed E-state index contributed by atoms with van der Waals surface area (Å²) in [6, 6.07) is 7.57. The lowest BCUT2D eigenvalue weighted by molar-refractivity contribution is -0.172. The SMILES string of the molecule is O=Cc1ccccc1N1CC2(C1)OCCO2. The molecule has 0 amide bonds. The highest BCUT2D eigenvalue weighted by atomic mass is 16.7. The van der Waals surface area contributed by atoms with Gasteiger partial charge in [-0.15, -0.1) is 0 Å². The van der Waals surface area contributed by atoms with E-state index < -0.39 is 5.79 Å². The molecule has 0 saturated carbocycles. The maximum absolute atomic E-state index is 10.9. The number of ether oxygens (including phenoxy) is 2. The molecule has 1 aromatic rings. The maximum Gasteiger partial charge on any atom is 0.204 e. The molecule has 0 atom stereocenters. The van der Waals surface area contributed by atoms with Gasteiger partial charge in [0.2, 0.25) is 5.79 Å². The molecule has 84 valence electrons. The van der Waals surface area contributed by atoms with Crippen LogP contribution in [0.2, 0.25) is 0 Å². The Balaban J connectivity index is 1.78. The summed E-state index contributed by atoms with van der Waals surface area (Å²) < 4.78 is 11.1. The summed E-state index contributed by atoms with van der Waals surface area (Å²) in [4.78, 5) is 13.0. The van der Waals surface area contributed by atoms with Crippen molar-refractivity contribution in [3.8, 4) is 0 Å². The summed E-state index contributed by atoms with van der Waals surface area (Å²) in [7, 11) is 0. The number of para-hydroxylation sites is 1. The first-order chi connectivity index (χ1) is 7.83. The van der Waals surface area contributed by atoms with Crippen LogP contribution in [0.5, 0.6) is 0 Å². The zero-order valence-electron chi connectivity index (χ0n) is 8.89. The van der Waals surface area contributed by atoms with Crippen LogP contribution >= 0.6 is 0 Å². The highest BCUT2D eigenvalue weighted by molar-refractivity contribution is 5.85. The third-order valence-corrected chi connectivity index (χ3v) is 3.08. The van der Waals surface area contributed by atoms with Gasteiger partial charge in [0.15, 0.2) is 6.29 Å². The number of rotatable bonds is 2. The third-order valence-electron chi connectivity index (χ3n) is 3.08. The van der Waals surface area contributed by atoms with Gasteiger partial charge < -0.3 is 14.4 Å². The molecule has 0 radical (unpaired) electrons. The van der Waals surface area contributed by atoms with Crippen molar-refractivity contribution in [2.75, 3.05) is 31.2 Å². The molecule has 0 unspecified atom stereocenters. The Bertz CT molecular complexity index is 404. The van der Waals surface area contributed by atoms with E-state index in [-0.39, 0.29) is 0 Å². The van der Waals surface area contributed by atoms with Crippen molar-refractivity contribution in [3.63, 3.8) is 0 Å². The molecule has 2 aliphatic heterocycles. The monoisotopic (exact) mass is 219 g/mol. The molecule has 0 aliphatic carbocycles. The number of hydrogen-bond acceptors (Lipinski definition) is 4. The first-order valence-corrected chi connectivity index (χ1v) is 5.40. The van der Waals surface area contributed by atoms with Crippen LogP contribution in [0.25, 0.3) is 0 Å². The van der Waals surface area contributed by atoms with Crippen LogP contribution in [-0.4, -0.2) is 38.4 Å². The number of benzene rings is 1. The Labute approximate surface area is 93.8 Å². The zero-order valence-corrected chi connectivity index (χ0v) is 8.89. The van der Waals surface area contributed by atoms with Crippen molar-refractivity contribution in [1.29, 1.82) is 0 Å². The van der Waals surface area contributed by atoms with E-state index in [9.17, 15) is 4.79 Å². The summed E-state index contributed by atoms with van der Waals surface area (Å²) >= 11 is 0. The molecule has 2 saturated heterocycles. The normalized spacial score (nSPS) is 22.1. The highest BCUT2D eigenvalue weighted by Gasteiger charge is 2.48. The Kier molecular flexibility index (Phi) is 2.19. The van der Waals surface area contributed by atoms with Gasteiger partial charge in [0.25, 0.3) is 0 Å². The fraction of sp³-hybridized carbons (Fsp3) is 0.417. The fourth-order valence-corrected chi connectivity index (χ4v) is 2.26. The van der Waals surface area contributed by atoms with E-state index in [0.717, 1.165) is 17.5 Å². The van der Waals surface area contributed by atoms with Gasteiger partial charge in [-0.2, -0.15) is 0 Å². The average molecular weight is 219 g/mol. The summed E-state index contributed by atoms with van der Waals surface area (Å²) in [6.45, 7) is 2.75. The van der Waals surface area contributed by atoms with E-state index in [1.807, 2.05) is 24.3 Å². The standard InChI is InChI=1S/C12H13NO3/c14-7-10-3-1-2-4-11(10)13-8-12(9-13)15-5-6-16-12/h1-4,7H,5-6,8-9H2. The summed E-state index contributed by atoms with van der Waals surface area (Å²) in [5, 5.41) is 0. The fourth-order valence-electron chi connectivity index (χ4n) is 2.26. The number of nitrogens with zero attached hydrogens (tertiary/aromatic N) is 1. The minimum absolute atomic E-state index is 0.407. The van der Waals surface area contributed by atoms with E-state index >= 15 is 0 Å². The first kappa shape index (κ1) is 9.81. The van der Waals surface area contributed by atoms with Gasteiger partial charge in [0, 0.05) is 11.3 Å². The molecule has 0 N–H and O–H groups in total. The van der Waals surface area contributed by atoms with Gasteiger partial charge in [0.05, 0.1) is 26.3 Å². The number of anilines is 1. The van der Waals surface area contributed by atoms with Gasteiger partial charge in [-0.05, 0) is 12.1 Å². The second-order valence-corrected chi connectivity index (χ2v) is 4.14. The molecular formula is C12H13NO3. The minimum atomic E-state index is -0.407. The first-order valence-electron chi connectivity index (χ1n) is 5.40. The molecule has 1 aromatic carbocycles. The average Bonchev–Trinajstić information content (AvgIpc) is 2.76. The second kappa shape index (κ2) is 3.57. The van der Waals surface area contributed by atoms with Gasteiger partial charge >= 0.3 is 0 Å². The van der Waals surface area contributed by atoms with Gasteiger partial charge in [0.1, 0.15) is 0 Å². The summed E-state index contributed by atoms with van der Waals surface area (Å²) in [5.74, 6) is -0.407. The van der Waals surface area contributed by atoms with Crippen LogP contribution < -0.4 is 4.90 Å². The van der Waals surface area contributed by atoms with Crippen LogP contribution in [0.4, 0.5) is 5.69 Å². The van der Waals surface area contributed by atoms with Gasteiger partial charge in [-0.3, -0.25) is 4.79 Å². The molecule has 0 aromatic heterocycles. The zero-order chi connectivity index (χ0) is 11.0. The van der Waals surface area contributed by atoms with Crippen molar-refractivity contribution in [3.05, 3.63) is 29.8 Å². The van der Waals surface area contributed by atoms with Crippen molar-refractivity contribution in [2.24, 2.45) is 0 Å². The highest BCUT2D eigenvalue weighted by Crippen LogP contribution is 2.35. The van der Waals surface area contributed by atoms with E-state index in [0.29, 0.717) is 26.3 Å². The summed E-state index contributed by atoms with van der Waals surface area (Å²) in [6.07, 6.45) is 0.886. The number of carbonyl (C=O) groups excluding carboxylic acids is 1. The molecule has 2 aliphatic rings. The molecular weight excluding hydrogens is 206 g/mol. The van der Waals surface area contributed by atoms with Crippen molar-refractivity contribution < 1.29 is 14.3 Å². The topological polar surface area (TPSA) is 38.8 Å². The molecule has 3 rings (SSSR count). The molecule has 0 bridgehead atoms. The molecule has 2 heterocycles. The van der Waals surface area contributed by atoms with E-state index in [1.54, 1.807) is 0 Å². The van der Waals surface area contributed by atoms with Crippen LogP contribution in [0, 0.1) is 0 Å². The molecule has 4 heteroatoms. The lowest BCUT2D eigenvalue weighted by Gasteiger charge is -2.47. The van der Waals surface area contributed by atoms with Gasteiger partial charge in [-0.25, -0.2) is 0 Å². The van der Waals surface area contributed by atoms with Crippen molar-refractivity contribution >= 4 is 12.0 Å². The van der Waals surface area contributed by atoms with Crippen molar-refractivity contribution in [1.82, 2.24) is 0 Å². The lowest BCUT2D eigenvalue weighted by Crippen LogP contribution is -2.63. The van der Waals surface area contributed by atoms with Crippen LogP contribution in [0.15, 0.2) is 24.3 Å². The van der Waals surface area contributed by atoms with E-state index in [4.69, 9.17) is 9.47 Å². The quantitative estimate of drug-likeness (QED) is 0.697. The lowest BCUT2D eigenvalue weighted by atomic mass is 10.0. The number of hydrogen-bond donors (Lipinski definition) is 0. The molecule has 2 fully saturated rings. The largest absolute Gasteiger partial charge is 0.360 e. The molecule has 16 heavy (non-hydrogen) atoms. The Morgan fingerprint density at radius 3 is 2.56 bits per heavy atom. The van der Waals surface area contributed by atoms with E-state index in [2.05, 4.69) is 4.90 Å². The summed E-state index contributed by atoms with van der Waals surface area (Å²) in [5.41, 5.74) is 1.68. The Morgan fingerprint density at radius 2 is 1.88 bits per heavy atom. The van der Waals surface area contributed by atoms with E-state index in [1.165, 1.54) is 0 Å². The predicted molar refractivity (Wildman–Crippen MR) is 58.7 cm³/mol. The minimum Gasteiger partial charge on any atom is -0.360 e. The van der Waals surface area contributed by atoms with Gasteiger partial charge in [-0.1, -0.05) is 12.1 Å². The predicted octanol–water partition coefficient (Wildman–Crippen LogP) is 1.06. The number of carbonyl (C=O) groups is 1. The molecule has 1 spiro atoms. The van der Waals surface area contributed by atoms with Crippen LogP contribution in [-0.2, 0) is 9.47 Å². The maximum atomic E-state index is 10.9. The second-order valence-electron chi connectivity index (χ2n) is 4.14. The number of aldehydes is 1. The van der Waals surface area contributed by atoms with Crippen LogP contribution in [0.1, 0.15) is 10.4 Å². The van der Waals surface area contributed by atoms with Crippen LogP contribution in [0.3, 0.4) is 0 Å².